The van der Waals surface area contributed by atoms with Crippen molar-refractivity contribution in [2.45, 2.75) is 39.0 Å². The van der Waals surface area contributed by atoms with Gasteiger partial charge in [-0.3, -0.25) is 19.3 Å². The number of hydrogen-bond acceptors (Lipinski definition) is 6. The zero-order chi connectivity index (χ0) is 21.5. The highest BCUT2D eigenvalue weighted by Gasteiger charge is 2.20. The van der Waals surface area contributed by atoms with Crippen molar-refractivity contribution in [3.05, 3.63) is 72.2 Å². The lowest BCUT2D eigenvalue weighted by atomic mass is 10.2. The second-order valence-electron chi connectivity index (χ2n) is 8.10. The Hall–Kier alpha value is -2.97. The zero-order valence-electron chi connectivity index (χ0n) is 18.0. The molecule has 31 heavy (non-hydrogen) atoms. The van der Waals surface area contributed by atoms with Gasteiger partial charge in [0.2, 0.25) is 5.89 Å². The number of benzene rings is 1. The summed E-state index contributed by atoms with van der Waals surface area (Å²) in [5.41, 5.74) is 1.68. The van der Waals surface area contributed by atoms with Crippen molar-refractivity contribution >= 4 is 5.91 Å². The van der Waals surface area contributed by atoms with Gasteiger partial charge in [-0.15, -0.1) is 0 Å². The SMILES string of the molecule is C[C@@H](CCn1cccn1)NC(=O)c1coc(CN2CCN(Cc3ccccc3)CC2)n1. The van der Waals surface area contributed by atoms with Crippen LogP contribution in [0.4, 0.5) is 0 Å². The van der Waals surface area contributed by atoms with E-state index in [1.807, 2.05) is 29.9 Å². The number of carbonyl (C=O) groups is 1. The van der Waals surface area contributed by atoms with E-state index in [1.165, 1.54) is 11.8 Å². The Kier molecular flexibility index (Phi) is 7.11. The van der Waals surface area contributed by atoms with E-state index in [1.54, 1.807) is 6.20 Å². The molecule has 0 aliphatic carbocycles. The third kappa shape index (κ3) is 6.26. The van der Waals surface area contributed by atoms with E-state index in [0.717, 1.165) is 45.7 Å². The summed E-state index contributed by atoms with van der Waals surface area (Å²) in [5, 5.41) is 7.16. The molecule has 3 heterocycles. The third-order valence-electron chi connectivity index (χ3n) is 5.59. The molecule has 0 saturated carbocycles. The minimum Gasteiger partial charge on any atom is -0.447 e. The standard InChI is InChI=1S/C23H30N6O2/c1-19(8-11-29-10-5-9-24-29)25-23(30)21-18-31-22(26-21)17-28-14-12-27(13-15-28)16-20-6-3-2-4-7-20/h2-7,9-10,18-19H,8,11-17H2,1H3,(H,25,30)/t19-/m0/s1. The minimum atomic E-state index is -0.198. The largest absolute Gasteiger partial charge is 0.447 e. The number of piperazine rings is 1. The molecule has 1 aliphatic heterocycles. The average Bonchev–Trinajstić information content (AvgIpc) is 3.47. The van der Waals surface area contributed by atoms with Crippen LogP contribution in [-0.4, -0.2) is 62.7 Å². The topological polar surface area (TPSA) is 79.4 Å². The van der Waals surface area contributed by atoms with Crippen LogP contribution in [-0.2, 0) is 19.6 Å². The summed E-state index contributed by atoms with van der Waals surface area (Å²) in [4.78, 5) is 21.6. The second-order valence-corrected chi connectivity index (χ2v) is 8.10. The molecule has 4 rings (SSSR count). The van der Waals surface area contributed by atoms with Crippen molar-refractivity contribution in [2.24, 2.45) is 0 Å². The first-order chi connectivity index (χ1) is 15.2. The Morgan fingerprint density at radius 2 is 1.84 bits per heavy atom. The number of amides is 1. The van der Waals surface area contributed by atoms with Crippen LogP contribution in [0, 0.1) is 0 Å². The van der Waals surface area contributed by atoms with E-state index in [9.17, 15) is 4.79 Å². The van der Waals surface area contributed by atoms with Crippen molar-refractivity contribution in [1.82, 2.24) is 29.9 Å². The summed E-state index contributed by atoms with van der Waals surface area (Å²) in [6.45, 7) is 8.29. The van der Waals surface area contributed by atoms with Gasteiger partial charge in [-0.2, -0.15) is 5.10 Å². The number of nitrogens with one attached hydrogen (secondary N) is 1. The Labute approximate surface area is 182 Å². The molecular weight excluding hydrogens is 392 g/mol. The maximum absolute atomic E-state index is 12.5. The minimum absolute atomic E-state index is 0.0227. The first-order valence-corrected chi connectivity index (χ1v) is 10.9. The molecule has 1 fully saturated rings. The zero-order valence-corrected chi connectivity index (χ0v) is 18.0. The van der Waals surface area contributed by atoms with E-state index in [2.05, 4.69) is 49.5 Å². The molecule has 1 aliphatic rings. The first kappa shape index (κ1) is 21.3. The van der Waals surface area contributed by atoms with Crippen LogP contribution in [0.2, 0.25) is 0 Å². The molecule has 8 heteroatoms. The predicted octanol–water partition coefficient (Wildman–Crippen LogP) is 2.40. The molecular formula is C23H30N6O2. The highest BCUT2D eigenvalue weighted by molar-refractivity contribution is 5.92. The van der Waals surface area contributed by atoms with E-state index >= 15 is 0 Å². The van der Waals surface area contributed by atoms with Gasteiger partial charge in [-0.1, -0.05) is 30.3 Å². The molecule has 164 valence electrons. The summed E-state index contributed by atoms with van der Waals surface area (Å²) >= 11 is 0. The van der Waals surface area contributed by atoms with E-state index in [0.29, 0.717) is 18.1 Å². The Balaban J connectivity index is 1.19. The lowest BCUT2D eigenvalue weighted by Gasteiger charge is -2.34. The summed E-state index contributed by atoms with van der Waals surface area (Å²) < 4.78 is 7.43. The Bertz CT molecular complexity index is 932. The fourth-order valence-electron chi connectivity index (χ4n) is 3.75. The van der Waals surface area contributed by atoms with Crippen molar-refractivity contribution in [3.63, 3.8) is 0 Å². The number of aromatic nitrogens is 3. The molecule has 0 bridgehead atoms. The number of rotatable bonds is 9. The molecule has 1 aromatic carbocycles. The maximum Gasteiger partial charge on any atom is 0.273 e. The van der Waals surface area contributed by atoms with Crippen LogP contribution >= 0.6 is 0 Å². The van der Waals surface area contributed by atoms with Crippen LogP contribution in [0.15, 0.2) is 59.5 Å². The summed E-state index contributed by atoms with van der Waals surface area (Å²) in [6, 6.07) is 12.5. The van der Waals surface area contributed by atoms with Gasteiger partial charge in [0.1, 0.15) is 6.26 Å². The summed E-state index contributed by atoms with van der Waals surface area (Å²) in [6.07, 6.45) is 5.92. The highest BCUT2D eigenvalue weighted by Crippen LogP contribution is 2.12. The first-order valence-electron chi connectivity index (χ1n) is 10.9. The molecule has 1 atom stereocenters. The normalized spacial score (nSPS) is 16.3. The van der Waals surface area contributed by atoms with Crippen molar-refractivity contribution in [2.75, 3.05) is 26.2 Å². The van der Waals surface area contributed by atoms with Crippen LogP contribution in [0.1, 0.15) is 35.3 Å². The quantitative estimate of drug-likeness (QED) is 0.570. The van der Waals surface area contributed by atoms with Gasteiger partial charge in [0, 0.05) is 57.7 Å². The number of carbonyl (C=O) groups excluding carboxylic acids is 1. The van der Waals surface area contributed by atoms with Crippen LogP contribution < -0.4 is 5.32 Å². The number of nitrogens with zero attached hydrogens (tertiary/aromatic N) is 5. The molecule has 1 saturated heterocycles. The van der Waals surface area contributed by atoms with Gasteiger partial charge in [-0.05, 0) is 25.0 Å². The molecule has 0 unspecified atom stereocenters. The molecule has 0 spiro atoms. The lowest BCUT2D eigenvalue weighted by Crippen LogP contribution is -2.45. The van der Waals surface area contributed by atoms with Gasteiger partial charge >= 0.3 is 0 Å². The van der Waals surface area contributed by atoms with Crippen molar-refractivity contribution in [3.8, 4) is 0 Å². The van der Waals surface area contributed by atoms with Gasteiger partial charge in [0.05, 0.1) is 6.54 Å². The van der Waals surface area contributed by atoms with E-state index < -0.39 is 0 Å². The van der Waals surface area contributed by atoms with Crippen LogP contribution in [0.5, 0.6) is 0 Å². The number of aryl methyl sites for hydroxylation is 1. The highest BCUT2D eigenvalue weighted by atomic mass is 16.3. The Morgan fingerprint density at radius 3 is 2.55 bits per heavy atom. The molecule has 1 N–H and O–H groups in total. The lowest BCUT2D eigenvalue weighted by molar-refractivity contribution is 0.0932. The van der Waals surface area contributed by atoms with Crippen molar-refractivity contribution < 1.29 is 9.21 Å². The predicted molar refractivity (Wildman–Crippen MR) is 117 cm³/mol. The van der Waals surface area contributed by atoms with Crippen LogP contribution in [0.3, 0.4) is 0 Å². The summed E-state index contributed by atoms with van der Waals surface area (Å²) in [5.74, 6) is 0.390. The second kappa shape index (κ2) is 10.4. The number of oxazole rings is 1. The van der Waals surface area contributed by atoms with Gasteiger partial charge < -0.3 is 9.73 Å². The fourth-order valence-corrected chi connectivity index (χ4v) is 3.75. The molecule has 2 aromatic heterocycles. The molecule has 0 radical (unpaired) electrons. The molecule has 8 nitrogen and oxygen atoms in total. The smallest absolute Gasteiger partial charge is 0.273 e. The summed E-state index contributed by atoms with van der Waals surface area (Å²) in [7, 11) is 0. The Morgan fingerprint density at radius 1 is 1.10 bits per heavy atom. The van der Waals surface area contributed by atoms with Gasteiger partial charge in [0.15, 0.2) is 5.69 Å². The number of hydrogen-bond donors (Lipinski definition) is 1. The molecule has 3 aromatic rings. The van der Waals surface area contributed by atoms with E-state index in [-0.39, 0.29) is 11.9 Å². The van der Waals surface area contributed by atoms with Gasteiger partial charge in [0.25, 0.3) is 5.91 Å². The van der Waals surface area contributed by atoms with E-state index in [4.69, 9.17) is 4.42 Å². The molecule has 1 amide bonds. The maximum atomic E-state index is 12.5. The monoisotopic (exact) mass is 422 g/mol. The fraction of sp³-hybridized carbons (Fsp3) is 0.435. The third-order valence-corrected chi connectivity index (χ3v) is 5.59. The average molecular weight is 423 g/mol. The van der Waals surface area contributed by atoms with Crippen molar-refractivity contribution in [1.29, 1.82) is 0 Å². The van der Waals surface area contributed by atoms with Crippen LogP contribution in [0.25, 0.3) is 0 Å². The van der Waals surface area contributed by atoms with Gasteiger partial charge in [-0.25, -0.2) is 4.98 Å².